The van der Waals surface area contributed by atoms with Crippen LogP contribution in [0.1, 0.15) is 17.0 Å². The normalized spacial score (nSPS) is 13.8. The van der Waals surface area contributed by atoms with Gasteiger partial charge in [-0.05, 0) is 29.7 Å². The Labute approximate surface area is 120 Å². The van der Waals surface area contributed by atoms with E-state index in [0.29, 0.717) is 6.54 Å². The minimum Gasteiger partial charge on any atom is -0.497 e. The lowest BCUT2D eigenvalue weighted by Crippen LogP contribution is -2.35. The van der Waals surface area contributed by atoms with E-state index in [0.717, 1.165) is 17.7 Å². The van der Waals surface area contributed by atoms with Crippen LogP contribution in [-0.4, -0.2) is 19.7 Å². The van der Waals surface area contributed by atoms with Crippen LogP contribution in [0.5, 0.6) is 5.75 Å². The zero-order valence-corrected chi connectivity index (χ0v) is 11.8. The molecule has 2 unspecified atom stereocenters. The van der Waals surface area contributed by atoms with Gasteiger partial charge in [-0.3, -0.25) is 0 Å². The van der Waals surface area contributed by atoms with E-state index in [2.05, 4.69) is 18.2 Å². The van der Waals surface area contributed by atoms with Gasteiger partial charge in [0, 0.05) is 18.5 Å². The van der Waals surface area contributed by atoms with Crippen molar-refractivity contribution in [2.75, 3.05) is 13.7 Å². The first-order valence-corrected chi connectivity index (χ1v) is 6.88. The molecule has 0 aromatic heterocycles. The molecule has 0 heterocycles. The van der Waals surface area contributed by atoms with Gasteiger partial charge in [-0.15, -0.1) is 0 Å². The van der Waals surface area contributed by atoms with Gasteiger partial charge >= 0.3 is 0 Å². The third-order valence-corrected chi connectivity index (χ3v) is 3.61. The topological polar surface area (TPSA) is 61.3 Å². The summed E-state index contributed by atoms with van der Waals surface area (Å²) in [4.78, 5) is 0. The van der Waals surface area contributed by atoms with Crippen molar-refractivity contribution in [3.63, 3.8) is 0 Å². The molecule has 0 spiro atoms. The Morgan fingerprint density at radius 2 is 1.80 bits per heavy atom. The highest BCUT2D eigenvalue weighted by Gasteiger charge is 2.19. The average Bonchev–Trinajstić information content (AvgIpc) is 2.49. The van der Waals surface area contributed by atoms with E-state index in [4.69, 9.17) is 16.2 Å². The lowest BCUT2D eigenvalue weighted by molar-refractivity contribution is 0.413. The number of methoxy groups -OCH3 is 1. The first kappa shape index (κ1) is 14.6. The molecule has 3 nitrogen and oxygen atoms in total. The first-order valence-electron chi connectivity index (χ1n) is 6.88. The second kappa shape index (κ2) is 7.08. The first-order chi connectivity index (χ1) is 9.74. The van der Waals surface area contributed by atoms with Crippen molar-refractivity contribution in [3.05, 3.63) is 65.7 Å². The summed E-state index contributed by atoms with van der Waals surface area (Å²) in [5.41, 5.74) is 14.7. The van der Waals surface area contributed by atoms with Crippen molar-refractivity contribution in [2.45, 2.75) is 18.4 Å². The van der Waals surface area contributed by atoms with Crippen LogP contribution >= 0.6 is 0 Å². The third-order valence-electron chi connectivity index (χ3n) is 3.61. The van der Waals surface area contributed by atoms with Crippen LogP contribution < -0.4 is 16.2 Å². The lowest BCUT2D eigenvalue weighted by atomic mass is 9.88. The molecular formula is C17H22N2O. The smallest absolute Gasteiger partial charge is 0.119 e. The summed E-state index contributed by atoms with van der Waals surface area (Å²) in [5, 5.41) is 0. The maximum absolute atomic E-state index is 6.36. The molecule has 2 aromatic rings. The molecule has 20 heavy (non-hydrogen) atoms. The van der Waals surface area contributed by atoms with Gasteiger partial charge in [0.1, 0.15) is 5.75 Å². The van der Waals surface area contributed by atoms with Gasteiger partial charge in [0.05, 0.1) is 7.11 Å². The van der Waals surface area contributed by atoms with Crippen LogP contribution in [-0.2, 0) is 6.42 Å². The van der Waals surface area contributed by atoms with Crippen LogP contribution in [0.4, 0.5) is 0 Å². The molecule has 2 rings (SSSR count). The number of hydrogen-bond acceptors (Lipinski definition) is 3. The van der Waals surface area contributed by atoms with Crippen molar-refractivity contribution < 1.29 is 4.74 Å². The monoisotopic (exact) mass is 270 g/mol. The summed E-state index contributed by atoms with van der Waals surface area (Å²) < 4.78 is 5.27. The van der Waals surface area contributed by atoms with Crippen molar-refractivity contribution in [1.82, 2.24) is 0 Å². The van der Waals surface area contributed by atoms with E-state index in [1.54, 1.807) is 7.11 Å². The van der Waals surface area contributed by atoms with Crippen LogP contribution in [0.25, 0.3) is 0 Å². The highest BCUT2D eigenvalue weighted by molar-refractivity contribution is 5.32. The van der Waals surface area contributed by atoms with Crippen molar-refractivity contribution in [1.29, 1.82) is 0 Å². The number of rotatable bonds is 6. The Morgan fingerprint density at radius 3 is 2.45 bits per heavy atom. The molecule has 3 heteroatoms. The molecule has 0 fully saturated rings. The molecule has 4 N–H and O–H groups in total. The number of hydrogen-bond donors (Lipinski definition) is 2. The molecule has 0 bridgehead atoms. The molecule has 0 radical (unpaired) electrons. The lowest BCUT2D eigenvalue weighted by Gasteiger charge is -2.23. The maximum atomic E-state index is 6.36. The molecule has 0 aliphatic carbocycles. The molecule has 0 saturated heterocycles. The minimum absolute atomic E-state index is 0.00509. The maximum Gasteiger partial charge on any atom is 0.119 e. The fraction of sp³-hybridized carbons (Fsp3) is 0.294. The Bertz CT molecular complexity index is 528. The third kappa shape index (κ3) is 3.59. The van der Waals surface area contributed by atoms with Gasteiger partial charge in [-0.25, -0.2) is 0 Å². The number of nitrogens with two attached hydrogens (primary N) is 2. The molecule has 2 atom stereocenters. The highest BCUT2D eigenvalue weighted by Crippen LogP contribution is 2.23. The second-order valence-electron chi connectivity index (χ2n) is 4.97. The van der Waals surface area contributed by atoms with E-state index < -0.39 is 0 Å². The van der Waals surface area contributed by atoms with Crippen LogP contribution in [0.3, 0.4) is 0 Å². The molecule has 106 valence electrons. The molecule has 0 aliphatic heterocycles. The largest absolute Gasteiger partial charge is 0.497 e. The highest BCUT2D eigenvalue weighted by atomic mass is 16.5. The molecule has 0 aliphatic rings. The molecule has 0 saturated carbocycles. The molecule has 0 amide bonds. The second-order valence-corrected chi connectivity index (χ2v) is 4.97. The van der Waals surface area contributed by atoms with Gasteiger partial charge in [-0.2, -0.15) is 0 Å². The Hall–Kier alpha value is -1.84. The quantitative estimate of drug-likeness (QED) is 0.846. The zero-order valence-electron chi connectivity index (χ0n) is 11.8. The van der Waals surface area contributed by atoms with Gasteiger partial charge in [0.25, 0.3) is 0 Å². The van der Waals surface area contributed by atoms with E-state index in [-0.39, 0.29) is 12.0 Å². The van der Waals surface area contributed by atoms with E-state index in [1.807, 2.05) is 36.4 Å². The minimum atomic E-state index is -0.00509. The van der Waals surface area contributed by atoms with E-state index in [1.165, 1.54) is 5.56 Å². The van der Waals surface area contributed by atoms with Gasteiger partial charge < -0.3 is 16.2 Å². The van der Waals surface area contributed by atoms with Crippen molar-refractivity contribution in [3.8, 4) is 5.75 Å². The molecule has 2 aromatic carbocycles. The van der Waals surface area contributed by atoms with Crippen molar-refractivity contribution in [2.24, 2.45) is 11.5 Å². The molecular weight excluding hydrogens is 248 g/mol. The predicted molar refractivity (Wildman–Crippen MR) is 82.9 cm³/mol. The summed E-state index contributed by atoms with van der Waals surface area (Å²) >= 11 is 0. The standard InChI is InChI=1S/C17H22N2O/c1-20-15-9-5-8-14(11-15)16(12-18)17(19)10-13-6-3-2-4-7-13/h2-9,11,16-17H,10,12,18-19H2,1H3. The zero-order chi connectivity index (χ0) is 14.4. The van der Waals surface area contributed by atoms with Gasteiger partial charge in [-0.1, -0.05) is 42.5 Å². The van der Waals surface area contributed by atoms with Crippen LogP contribution in [0.2, 0.25) is 0 Å². The summed E-state index contributed by atoms with van der Waals surface area (Å²) in [7, 11) is 1.67. The average molecular weight is 270 g/mol. The van der Waals surface area contributed by atoms with Gasteiger partial charge in [0.2, 0.25) is 0 Å². The summed E-state index contributed by atoms with van der Waals surface area (Å²) in [6.07, 6.45) is 0.819. The Balaban J connectivity index is 2.14. The van der Waals surface area contributed by atoms with Crippen LogP contribution in [0, 0.1) is 0 Å². The fourth-order valence-corrected chi connectivity index (χ4v) is 2.46. The predicted octanol–water partition coefficient (Wildman–Crippen LogP) is 2.31. The van der Waals surface area contributed by atoms with Crippen molar-refractivity contribution >= 4 is 0 Å². The van der Waals surface area contributed by atoms with Gasteiger partial charge in [0.15, 0.2) is 0 Å². The fourth-order valence-electron chi connectivity index (χ4n) is 2.46. The van der Waals surface area contributed by atoms with E-state index in [9.17, 15) is 0 Å². The van der Waals surface area contributed by atoms with Crippen LogP contribution in [0.15, 0.2) is 54.6 Å². The summed E-state index contributed by atoms with van der Waals surface area (Å²) in [6.45, 7) is 0.529. The Kier molecular flexibility index (Phi) is 5.16. The number of ether oxygens (including phenoxy) is 1. The summed E-state index contributed by atoms with van der Waals surface area (Å²) in [5.74, 6) is 0.971. The Morgan fingerprint density at radius 1 is 1.05 bits per heavy atom. The number of benzene rings is 2. The SMILES string of the molecule is COc1cccc(C(CN)C(N)Cc2ccccc2)c1. The summed E-state index contributed by atoms with van der Waals surface area (Å²) in [6, 6.07) is 18.2. The van der Waals surface area contributed by atoms with E-state index >= 15 is 0 Å².